The van der Waals surface area contributed by atoms with Crippen LogP contribution in [0.2, 0.25) is 0 Å². The second kappa shape index (κ2) is 3.98. The zero-order valence-electron chi connectivity index (χ0n) is 9.28. The van der Waals surface area contributed by atoms with Crippen molar-refractivity contribution >= 4 is 11.8 Å². The van der Waals surface area contributed by atoms with Crippen molar-refractivity contribution < 1.29 is 9.59 Å². The highest BCUT2D eigenvalue weighted by molar-refractivity contribution is 5.86. The van der Waals surface area contributed by atoms with Gasteiger partial charge in [0, 0.05) is 26.6 Å². The molecule has 1 aliphatic heterocycles. The van der Waals surface area contributed by atoms with E-state index in [9.17, 15) is 9.59 Å². The Morgan fingerprint density at radius 3 is 2.43 bits per heavy atom. The molecule has 0 aromatic carbocycles. The summed E-state index contributed by atoms with van der Waals surface area (Å²) >= 11 is 0. The van der Waals surface area contributed by atoms with Gasteiger partial charge in [0.15, 0.2) is 0 Å². The molecule has 1 fully saturated rings. The topological polar surface area (TPSA) is 40.6 Å². The molecule has 4 heteroatoms. The Morgan fingerprint density at radius 2 is 2.07 bits per heavy atom. The quantitative estimate of drug-likeness (QED) is 0.641. The third kappa shape index (κ3) is 2.05. The normalized spacial score (nSPS) is 26.9. The molecule has 1 aliphatic rings. The van der Waals surface area contributed by atoms with Crippen molar-refractivity contribution in [1.82, 2.24) is 9.80 Å². The molecule has 14 heavy (non-hydrogen) atoms. The third-order valence-corrected chi connectivity index (χ3v) is 2.94. The van der Waals surface area contributed by atoms with Gasteiger partial charge in [-0.2, -0.15) is 0 Å². The molecule has 0 unspecified atom stereocenters. The van der Waals surface area contributed by atoms with E-state index in [0.29, 0.717) is 12.3 Å². The van der Waals surface area contributed by atoms with E-state index in [-0.39, 0.29) is 24.4 Å². The van der Waals surface area contributed by atoms with Crippen LogP contribution < -0.4 is 0 Å². The Bertz CT molecular complexity index is 251. The van der Waals surface area contributed by atoms with E-state index < -0.39 is 0 Å². The zero-order valence-corrected chi connectivity index (χ0v) is 9.28. The van der Waals surface area contributed by atoms with Gasteiger partial charge in [-0.05, 0) is 12.8 Å². The maximum absolute atomic E-state index is 11.5. The molecular formula is C10H18N2O2. The number of carbonyl (C=O) groups excluding carboxylic acids is 2. The lowest BCUT2D eigenvalue weighted by Crippen LogP contribution is -2.41. The third-order valence-electron chi connectivity index (χ3n) is 2.94. The van der Waals surface area contributed by atoms with Crippen molar-refractivity contribution in [2.45, 2.75) is 26.3 Å². The first kappa shape index (κ1) is 11.0. The highest BCUT2D eigenvalue weighted by Gasteiger charge is 2.34. The van der Waals surface area contributed by atoms with E-state index in [4.69, 9.17) is 0 Å². The Morgan fingerprint density at radius 1 is 1.50 bits per heavy atom. The Kier molecular flexibility index (Phi) is 3.13. The van der Waals surface area contributed by atoms with Crippen LogP contribution in [0.3, 0.4) is 0 Å². The number of rotatable bonds is 2. The van der Waals surface area contributed by atoms with Crippen molar-refractivity contribution in [2.24, 2.45) is 5.92 Å². The number of hydrogen-bond donors (Lipinski definition) is 0. The molecule has 2 atom stereocenters. The fraction of sp³-hybridized carbons (Fsp3) is 0.800. The molecule has 0 saturated carbocycles. The van der Waals surface area contributed by atoms with Crippen LogP contribution in [-0.2, 0) is 9.59 Å². The minimum absolute atomic E-state index is 0.0145. The Labute approximate surface area is 84.9 Å². The summed E-state index contributed by atoms with van der Waals surface area (Å²) in [6, 6.07) is 0.186. The summed E-state index contributed by atoms with van der Waals surface area (Å²) in [6.07, 6.45) is 0.571. The minimum atomic E-state index is -0.0145. The fourth-order valence-electron chi connectivity index (χ4n) is 1.62. The maximum atomic E-state index is 11.5. The Hall–Kier alpha value is -1.06. The zero-order chi connectivity index (χ0) is 10.9. The van der Waals surface area contributed by atoms with E-state index in [1.165, 1.54) is 4.90 Å². The molecule has 1 saturated heterocycles. The first-order valence-corrected chi connectivity index (χ1v) is 4.93. The standard InChI is InChI=1S/C10H18N2O2/c1-7-5-9(13)12(8(7)2)6-10(14)11(3)4/h7-8H,5-6H2,1-4H3/t7-,8-/m1/s1. The molecule has 1 rings (SSSR count). The van der Waals surface area contributed by atoms with E-state index >= 15 is 0 Å². The van der Waals surface area contributed by atoms with Crippen LogP contribution >= 0.6 is 0 Å². The van der Waals surface area contributed by atoms with Gasteiger partial charge in [-0.15, -0.1) is 0 Å². The van der Waals surface area contributed by atoms with Gasteiger partial charge in [-0.1, -0.05) is 6.92 Å². The lowest BCUT2D eigenvalue weighted by atomic mass is 10.1. The Balaban J connectivity index is 2.60. The molecule has 2 amide bonds. The average Bonchev–Trinajstić information content (AvgIpc) is 2.32. The highest BCUT2D eigenvalue weighted by Crippen LogP contribution is 2.24. The summed E-state index contributed by atoms with van der Waals surface area (Å²) in [6.45, 7) is 4.26. The molecule has 0 aromatic rings. The van der Waals surface area contributed by atoms with Crippen molar-refractivity contribution in [2.75, 3.05) is 20.6 Å². The number of amides is 2. The van der Waals surface area contributed by atoms with Crippen molar-refractivity contribution in [3.8, 4) is 0 Å². The van der Waals surface area contributed by atoms with Gasteiger partial charge in [0.05, 0.1) is 6.54 Å². The molecule has 1 heterocycles. The van der Waals surface area contributed by atoms with Gasteiger partial charge in [0.2, 0.25) is 11.8 Å². The maximum Gasteiger partial charge on any atom is 0.241 e. The van der Waals surface area contributed by atoms with E-state index in [1.807, 2.05) is 13.8 Å². The van der Waals surface area contributed by atoms with Crippen LogP contribution in [0.5, 0.6) is 0 Å². The van der Waals surface area contributed by atoms with Crippen LogP contribution in [0.25, 0.3) is 0 Å². The first-order chi connectivity index (χ1) is 6.43. The van der Waals surface area contributed by atoms with Crippen LogP contribution in [0.4, 0.5) is 0 Å². The molecule has 80 valence electrons. The van der Waals surface area contributed by atoms with Gasteiger partial charge in [-0.25, -0.2) is 0 Å². The molecule has 0 spiro atoms. The average molecular weight is 198 g/mol. The number of likely N-dealkylation sites (tertiary alicyclic amines) is 1. The predicted molar refractivity (Wildman–Crippen MR) is 53.7 cm³/mol. The second-order valence-corrected chi connectivity index (χ2v) is 4.23. The molecule has 0 bridgehead atoms. The van der Waals surface area contributed by atoms with Gasteiger partial charge in [-0.3, -0.25) is 9.59 Å². The van der Waals surface area contributed by atoms with Crippen LogP contribution in [0.1, 0.15) is 20.3 Å². The van der Waals surface area contributed by atoms with Crippen LogP contribution in [-0.4, -0.2) is 48.3 Å². The second-order valence-electron chi connectivity index (χ2n) is 4.23. The molecule has 0 radical (unpaired) electrons. The lowest BCUT2D eigenvalue weighted by Gasteiger charge is -2.24. The summed E-state index contributed by atoms with van der Waals surface area (Å²) in [4.78, 5) is 26.1. The number of hydrogen-bond acceptors (Lipinski definition) is 2. The molecule has 0 aromatic heterocycles. The van der Waals surface area contributed by atoms with E-state index in [0.717, 1.165) is 0 Å². The van der Waals surface area contributed by atoms with Crippen LogP contribution in [0, 0.1) is 5.92 Å². The number of carbonyl (C=O) groups is 2. The lowest BCUT2D eigenvalue weighted by molar-refractivity contribution is -0.137. The van der Waals surface area contributed by atoms with Crippen molar-refractivity contribution in [3.63, 3.8) is 0 Å². The monoisotopic (exact) mass is 198 g/mol. The largest absolute Gasteiger partial charge is 0.347 e. The fourth-order valence-corrected chi connectivity index (χ4v) is 1.62. The number of likely N-dealkylation sites (N-methyl/N-ethyl adjacent to an activating group) is 1. The van der Waals surface area contributed by atoms with Gasteiger partial charge < -0.3 is 9.80 Å². The summed E-state index contributed by atoms with van der Waals surface area (Å²) in [5.74, 6) is 0.442. The van der Waals surface area contributed by atoms with Crippen molar-refractivity contribution in [3.05, 3.63) is 0 Å². The van der Waals surface area contributed by atoms with Gasteiger partial charge >= 0.3 is 0 Å². The summed E-state index contributed by atoms with van der Waals surface area (Å²) < 4.78 is 0. The molecular weight excluding hydrogens is 180 g/mol. The van der Waals surface area contributed by atoms with Crippen molar-refractivity contribution in [1.29, 1.82) is 0 Å². The van der Waals surface area contributed by atoms with E-state index in [1.54, 1.807) is 19.0 Å². The summed E-state index contributed by atoms with van der Waals surface area (Å²) in [5.41, 5.74) is 0. The molecule has 0 aliphatic carbocycles. The number of nitrogens with zero attached hydrogens (tertiary/aromatic N) is 2. The predicted octanol–water partition coefficient (Wildman–Crippen LogP) is 0.332. The highest BCUT2D eigenvalue weighted by atomic mass is 16.2. The SMILES string of the molecule is C[C@@H]1CC(=O)N(CC(=O)N(C)C)[C@@H]1C. The molecule has 0 N–H and O–H groups in total. The minimum Gasteiger partial charge on any atom is -0.347 e. The molecule has 4 nitrogen and oxygen atoms in total. The van der Waals surface area contributed by atoms with Crippen LogP contribution in [0.15, 0.2) is 0 Å². The van der Waals surface area contributed by atoms with Gasteiger partial charge in [0.1, 0.15) is 0 Å². The smallest absolute Gasteiger partial charge is 0.241 e. The van der Waals surface area contributed by atoms with Gasteiger partial charge in [0.25, 0.3) is 0 Å². The summed E-state index contributed by atoms with van der Waals surface area (Å²) in [5, 5.41) is 0. The van der Waals surface area contributed by atoms with E-state index in [2.05, 4.69) is 0 Å². The first-order valence-electron chi connectivity index (χ1n) is 4.93. The summed E-state index contributed by atoms with van der Waals surface area (Å²) in [7, 11) is 3.41.